The van der Waals surface area contributed by atoms with Crippen molar-refractivity contribution in [3.63, 3.8) is 0 Å². The highest BCUT2D eigenvalue weighted by molar-refractivity contribution is 7.89. The fourth-order valence-corrected chi connectivity index (χ4v) is 9.20. The van der Waals surface area contributed by atoms with Crippen LogP contribution in [-0.4, -0.2) is 14.5 Å². The van der Waals surface area contributed by atoms with Crippen molar-refractivity contribution >= 4 is 10.0 Å². The molecular weight excluding hydrogens is 366 g/mol. The summed E-state index contributed by atoms with van der Waals surface area (Å²) in [5, 5.41) is 0. The Bertz CT molecular complexity index is 810. The third-order valence-electron chi connectivity index (χ3n) is 8.27. The maximum atomic E-state index is 13.6. The van der Waals surface area contributed by atoms with Crippen LogP contribution in [0.5, 0.6) is 0 Å². The summed E-state index contributed by atoms with van der Waals surface area (Å²) in [6.07, 6.45) is 9.85. The predicted octanol–water partition coefficient (Wildman–Crippen LogP) is 5.58. The van der Waals surface area contributed by atoms with E-state index in [1.54, 1.807) is 0 Å². The number of aryl methyl sites for hydroxylation is 2. The highest BCUT2D eigenvalue weighted by Crippen LogP contribution is 2.61. The largest absolute Gasteiger partial charge is 0.241 e. The molecule has 1 atom stereocenters. The van der Waals surface area contributed by atoms with Gasteiger partial charge in [-0.15, -0.1) is 0 Å². The summed E-state index contributed by atoms with van der Waals surface area (Å²) in [6, 6.07) is 2.18. The molecule has 4 bridgehead atoms. The lowest BCUT2D eigenvalue weighted by Crippen LogP contribution is -2.56. The van der Waals surface area contributed by atoms with Crippen LogP contribution < -0.4 is 4.72 Å². The van der Waals surface area contributed by atoms with E-state index in [-0.39, 0.29) is 11.5 Å². The molecule has 28 heavy (non-hydrogen) atoms. The maximum Gasteiger partial charge on any atom is 0.241 e. The summed E-state index contributed by atoms with van der Waals surface area (Å²) in [4.78, 5) is 0.524. The van der Waals surface area contributed by atoms with E-state index in [1.807, 2.05) is 27.7 Å². The van der Waals surface area contributed by atoms with Crippen LogP contribution in [0.1, 0.15) is 80.5 Å². The van der Waals surface area contributed by atoms with Crippen LogP contribution in [0, 0.1) is 50.9 Å². The van der Waals surface area contributed by atoms with E-state index >= 15 is 0 Å². The van der Waals surface area contributed by atoms with Gasteiger partial charge in [-0.25, -0.2) is 13.1 Å². The van der Waals surface area contributed by atoms with Gasteiger partial charge in [-0.3, -0.25) is 0 Å². The van der Waals surface area contributed by atoms with Crippen molar-refractivity contribution in [3.8, 4) is 0 Å². The van der Waals surface area contributed by atoms with E-state index in [4.69, 9.17) is 0 Å². The molecule has 0 aromatic heterocycles. The molecule has 0 aliphatic heterocycles. The first-order valence-electron chi connectivity index (χ1n) is 11.2. The molecule has 0 amide bonds. The Hall–Kier alpha value is -0.870. The van der Waals surface area contributed by atoms with E-state index in [0.29, 0.717) is 4.90 Å². The minimum Gasteiger partial charge on any atom is -0.207 e. The quantitative estimate of drug-likeness (QED) is 0.673. The molecule has 4 fully saturated rings. The van der Waals surface area contributed by atoms with E-state index in [0.717, 1.165) is 52.8 Å². The summed E-state index contributed by atoms with van der Waals surface area (Å²) in [5.74, 6) is 2.50. The second-order valence-corrected chi connectivity index (χ2v) is 12.0. The number of sulfonamides is 1. The lowest BCUT2D eigenvalue weighted by Gasteiger charge is -2.59. The second kappa shape index (κ2) is 7.12. The molecule has 4 aliphatic rings. The lowest BCUT2D eigenvalue weighted by atomic mass is 9.47. The normalized spacial score (nSPS) is 32.7. The first-order chi connectivity index (χ1) is 13.1. The standard InChI is InChI=1S/C24H37NO2S/c1-6-7-22(24-12-19-9-20(13-24)11-21(10-19)14-24)25-28(26,27)23-17(4)15(2)8-16(3)18(23)5/h8,19-22,25H,6-7,9-14H2,1-5H3. The minimum absolute atomic E-state index is 0.0792. The van der Waals surface area contributed by atoms with Gasteiger partial charge >= 0.3 is 0 Å². The highest BCUT2D eigenvalue weighted by atomic mass is 32.2. The van der Waals surface area contributed by atoms with Gasteiger partial charge in [0.25, 0.3) is 0 Å². The fraction of sp³-hybridized carbons (Fsp3) is 0.750. The summed E-state index contributed by atoms with van der Waals surface area (Å²) in [7, 11) is -3.53. The smallest absolute Gasteiger partial charge is 0.207 e. The fourth-order valence-electron chi connectivity index (χ4n) is 7.21. The van der Waals surface area contributed by atoms with Gasteiger partial charge in [0.1, 0.15) is 0 Å². The van der Waals surface area contributed by atoms with Gasteiger partial charge in [0.2, 0.25) is 10.0 Å². The Balaban J connectivity index is 1.70. The van der Waals surface area contributed by atoms with Crippen LogP contribution in [0.2, 0.25) is 0 Å². The van der Waals surface area contributed by atoms with E-state index in [2.05, 4.69) is 17.7 Å². The van der Waals surface area contributed by atoms with Crippen LogP contribution >= 0.6 is 0 Å². The van der Waals surface area contributed by atoms with Crippen molar-refractivity contribution in [2.45, 2.75) is 96.9 Å². The zero-order valence-corrected chi connectivity index (χ0v) is 19.1. The number of nitrogens with one attached hydrogen (secondary N) is 1. The Morgan fingerprint density at radius 1 is 0.964 bits per heavy atom. The van der Waals surface area contributed by atoms with Gasteiger partial charge in [-0.2, -0.15) is 0 Å². The van der Waals surface area contributed by atoms with Gasteiger partial charge in [0, 0.05) is 6.04 Å². The van der Waals surface area contributed by atoms with Gasteiger partial charge in [-0.05, 0) is 118 Å². The molecule has 0 heterocycles. The molecule has 5 rings (SSSR count). The van der Waals surface area contributed by atoms with Gasteiger partial charge in [0.15, 0.2) is 0 Å². The van der Waals surface area contributed by atoms with Crippen molar-refractivity contribution in [1.82, 2.24) is 4.72 Å². The van der Waals surface area contributed by atoms with Crippen molar-refractivity contribution in [1.29, 1.82) is 0 Å². The average molecular weight is 404 g/mol. The Kier molecular flexibility index (Phi) is 5.19. The molecule has 0 spiro atoms. The van der Waals surface area contributed by atoms with Crippen molar-refractivity contribution in [2.75, 3.05) is 0 Å². The van der Waals surface area contributed by atoms with E-state index in [1.165, 1.54) is 38.5 Å². The summed E-state index contributed by atoms with van der Waals surface area (Å²) < 4.78 is 30.6. The molecule has 1 unspecified atom stereocenters. The highest BCUT2D eigenvalue weighted by Gasteiger charge is 2.54. The molecule has 4 aliphatic carbocycles. The summed E-state index contributed by atoms with van der Waals surface area (Å²) in [6.45, 7) is 10.1. The Morgan fingerprint density at radius 3 is 1.86 bits per heavy atom. The number of hydrogen-bond donors (Lipinski definition) is 1. The second-order valence-electron chi connectivity index (χ2n) is 10.3. The molecule has 0 saturated heterocycles. The van der Waals surface area contributed by atoms with Crippen LogP contribution in [0.25, 0.3) is 0 Å². The van der Waals surface area contributed by atoms with E-state index < -0.39 is 10.0 Å². The SMILES string of the molecule is CCCC(NS(=O)(=O)c1c(C)c(C)cc(C)c1C)C12CC3CC(CC(C3)C1)C2. The zero-order valence-electron chi connectivity index (χ0n) is 18.3. The van der Waals surface area contributed by atoms with Crippen LogP contribution in [0.15, 0.2) is 11.0 Å². The lowest BCUT2D eigenvalue weighted by molar-refractivity contribution is -0.0712. The molecule has 156 valence electrons. The van der Waals surface area contributed by atoms with Gasteiger partial charge in [0.05, 0.1) is 4.90 Å². The summed E-state index contributed by atoms with van der Waals surface area (Å²) >= 11 is 0. The van der Waals surface area contributed by atoms with E-state index in [9.17, 15) is 8.42 Å². The molecule has 3 nitrogen and oxygen atoms in total. The van der Waals surface area contributed by atoms with Gasteiger partial charge < -0.3 is 0 Å². The molecule has 0 radical (unpaired) electrons. The van der Waals surface area contributed by atoms with Gasteiger partial charge in [-0.1, -0.05) is 19.4 Å². The molecular formula is C24H37NO2S. The van der Waals surface area contributed by atoms with Crippen LogP contribution in [-0.2, 0) is 10.0 Å². The first-order valence-corrected chi connectivity index (χ1v) is 12.7. The monoisotopic (exact) mass is 403 g/mol. The topological polar surface area (TPSA) is 46.2 Å². The molecule has 1 aromatic rings. The maximum absolute atomic E-state index is 13.6. The average Bonchev–Trinajstić information content (AvgIpc) is 2.58. The summed E-state index contributed by atoms with van der Waals surface area (Å²) in [5.41, 5.74) is 4.11. The molecule has 1 aromatic carbocycles. The third-order valence-corrected chi connectivity index (χ3v) is 10.0. The third kappa shape index (κ3) is 3.35. The van der Waals surface area contributed by atoms with Crippen molar-refractivity contribution in [3.05, 3.63) is 28.3 Å². The number of hydrogen-bond acceptors (Lipinski definition) is 2. The number of rotatable bonds is 6. The van der Waals surface area contributed by atoms with Crippen LogP contribution in [0.4, 0.5) is 0 Å². The van der Waals surface area contributed by atoms with Crippen molar-refractivity contribution in [2.24, 2.45) is 23.2 Å². The molecule has 1 N–H and O–H groups in total. The minimum atomic E-state index is -3.53. The zero-order chi connectivity index (χ0) is 20.3. The molecule has 4 heteroatoms. The number of benzene rings is 1. The Labute approximate surface area is 171 Å². The van der Waals surface area contributed by atoms with Crippen molar-refractivity contribution < 1.29 is 8.42 Å². The van der Waals surface area contributed by atoms with Crippen LogP contribution in [0.3, 0.4) is 0 Å². The molecule has 4 saturated carbocycles. The Morgan fingerprint density at radius 2 is 1.43 bits per heavy atom. The predicted molar refractivity (Wildman–Crippen MR) is 115 cm³/mol. The first kappa shape index (κ1) is 20.4.